The molecule has 38 heavy (non-hydrogen) atoms. The third-order valence-corrected chi connectivity index (χ3v) is 8.18. The van der Waals surface area contributed by atoms with Crippen molar-refractivity contribution in [2.24, 2.45) is 0 Å². The Morgan fingerprint density at radius 1 is 1.13 bits per heavy atom. The maximum Gasteiger partial charge on any atom is 0.254 e. The van der Waals surface area contributed by atoms with Crippen LogP contribution in [0.2, 0.25) is 0 Å². The fraction of sp³-hybridized carbons (Fsp3) is 0.533. The van der Waals surface area contributed by atoms with Crippen LogP contribution in [-0.2, 0) is 16.1 Å². The van der Waals surface area contributed by atoms with Gasteiger partial charge >= 0.3 is 0 Å². The highest BCUT2D eigenvalue weighted by Crippen LogP contribution is 2.29. The fourth-order valence-electron chi connectivity index (χ4n) is 5.95. The molecule has 0 radical (unpaired) electrons. The number of rotatable bonds is 8. The van der Waals surface area contributed by atoms with Gasteiger partial charge in [0, 0.05) is 64.0 Å². The van der Waals surface area contributed by atoms with Gasteiger partial charge in [-0.05, 0) is 55.5 Å². The minimum absolute atomic E-state index is 0.0539. The van der Waals surface area contributed by atoms with Gasteiger partial charge in [-0.3, -0.25) is 14.5 Å². The van der Waals surface area contributed by atoms with Crippen LogP contribution in [0.4, 0.5) is 0 Å². The van der Waals surface area contributed by atoms with E-state index in [-0.39, 0.29) is 24.0 Å². The highest BCUT2D eigenvalue weighted by molar-refractivity contribution is 5.98. The largest absolute Gasteiger partial charge is 0.497 e. The quantitative estimate of drug-likeness (QED) is 0.577. The molecule has 5 rings (SSSR count). The number of likely N-dealkylation sites (tertiary alicyclic amines) is 1. The lowest BCUT2D eigenvalue weighted by molar-refractivity contribution is -0.135. The molecule has 2 amide bonds. The molecule has 1 N–H and O–H groups in total. The van der Waals surface area contributed by atoms with Crippen LogP contribution in [-0.4, -0.2) is 97.7 Å². The lowest BCUT2D eigenvalue weighted by Crippen LogP contribution is -2.53. The standard InChI is InChI=1S/C30H40N4O4/c1-22-7-3-4-8-24(22)19-33(21-27-11-6-16-38-27)25-18-28(30(36)32-14-12-31-13-15-32)34(20-25)29(35)23-9-5-10-26(17-23)37-2/h3-5,7-10,17,25,27-28,31H,6,11-16,18-21H2,1-2H3. The van der Waals surface area contributed by atoms with Gasteiger partial charge in [0.15, 0.2) is 0 Å². The second-order valence-corrected chi connectivity index (χ2v) is 10.7. The number of piperazine rings is 1. The Morgan fingerprint density at radius 3 is 2.68 bits per heavy atom. The monoisotopic (exact) mass is 520 g/mol. The Labute approximate surface area is 225 Å². The Morgan fingerprint density at radius 2 is 1.95 bits per heavy atom. The van der Waals surface area contributed by atoms with Crippen molar-refractivity contribution in [3.05, 3.63) is 65.2 Å². The van der Waals surface area contributed by atoms with Gasteiger partial charge in [-0.15, -0.1) is 0 Å². The lowest BCUT2D eigenvalue weighted by Gasteiger charge is -2.32. The summed E-state index contributed by atoms with van der Waals surface area (Å²) in [6, 6.07) is 15.3. The number of aryl methyl sites for hydroxylation is 1. The molecule has 3 heterocycles. The van der Waals surface area contributed by atoms with Crippen molar-refractivity contribution in [3.8, 4) is 5.75 Å². The molecule has 0 aliphatic carbocycles. The summed E-state index contributed by atoms with van der Waals surface area (Å²) in [5, 5.41) is 3.32. The highest BCUT2D eigenvalue weighted by atomic mass is 16.5. The van der Waals surface area contributed by atoms with E-state index in [0.717, 1.165) is 45.6 Å². The fourth-order valence-corrected chi connectivity index (χ4v) is 5.95. The van der Waals surface area contributed by atoms with E-state index in [2.05, 4.69) is 41.4 Å². The van der Waals surface area contributed by atoms with Crippen LogP contribution in [0, 0.1) is 6.92 Å². The van der Waals surface area contributed by atoms with Gasteiger partial charge in [0.1, 0.15) is 11.8 Å². The number of carbonyl (C=O) groups is 2. The van der Waals surface area contributed by atoms with E-state index >= 15 is 0 Å². The van der Waals surface area contributed by atoms with Crippen molar-refractivity contribution in [3.63, 3.8) is 0 Å². The van der Waals surface area contributed by atoms with Crippen LogP contribution >= 0.6 is 0 Å². The molecule has 8 heteroatoms. The molecular weight excluding hydrogens is 480 g/mol. The van der Waals surface area contributed by atoms with E-state index in [0.29, 0.717) is 37.4 Å². The third kappa shape index (κ3) is 6.03. The third-order valence-electron chi connectivity index (χ3n) is 8.18. The second kappa shape index (κ2) is 12.3. The van der Waals surface area contributed by atoms with Crippen molar-refractivity contribution in [1.82, 2.24) is 20.0 Å². The molecule has 0 spiro atoms. The van der Waals surface area contributed by atoms with Crippen molar-refractivity contribution in [2.45, 2.75) is 50.9 Å². The van der Waals surface area contributed by atoms with E-state index in [9.17, 15) is 9.59 Å². The van der Waals surface area contributed by atoms with Crippen LogP contribution in [0.3, 0.4) is 0 Å². The number of methoxy groups -OCH3 is 1. The molecule has 3 atom stereocenters. The molecule has 2 aromatic rings. The minimum atomic E-state index is -0.485. The zero-order valence-electron chi connectivity index (χ0n) is 22.6. The molecule has 3 saturated heterocycles. The number of amides is 2. The predicted octanol–water partition coefficient (Wildman–Crippen LogP) is 2.70. The molecule has 3 aliphatic heterocycles. The first-order valence-electron chi connectivity index (χ1n) is 13.9. The average molecular weight is 521 g/mol. The van der Waals surface area contributed by atoms with Crippen LogP contribution in [0.5, 0.6) is 5.75 Å². The summed E-state index contributed by atoms with van der Waals surface area (Å²) in [4.78, 5) is 33.9. The summed E-state index contributed by atoms with van der Waals surface area (Å²) in [5.41, 5.74) is 3.07. The summed E-state index contributed by atoms with van der Waals surface area (Å²) in [6.07, 6.45) is 2.94. The number of ether oxygens (including phenoxy) is 2. The lowest BCUT2D eigenvalue weighted by atomic mass is 10.0. The molecule has 3 aliphatic rings. The van der Waals surface area contributed by atoms with Gasteiger partial charge < -0.3 is 24.6 Å². The summed E-state index contributed by atoms with van der Waals surface area (Å²) in [5.74, 6) is 0.571. The molecule has 8 nitrogen and oxygen atoms in total. The first-order valence-corrected chi connectivity index (χ1v) is 13.9. The van der Waals surface area contributed by atoms with Crippen LogP contribution in [0.15, 0.2) is 48.5 Å². The summed E-state index contributed by atoms with van der Waals surface area (Å²) >= 11 is 0. The van der Waals surface area contributed by atoms with Crippen molar-refractivity contribution < 1.29 is 19.1 Å². The smallest absolute Gasteiger partial charge is 0.254 e. The predicted molar refractivity (Wildman–Crippen MR) is 146 cm³/mol. The first kappa shape index (κ1) is 26.7. The van der Waals surface area contributed by atoms with E-state index in [1.165, 1.54) is 11.1 Å². The minimum Gasteiger partial charge on any atom is -0.497 e. The molecule has 3 fully saturated rings. The maximum atomic E-state index is 13.9. The van der Waals surface area contributed by atoms with Crippen molar-refractivity contribution >= 4 is 11.8 Å². The normalized spacial score (nSPS) is 23.7. The van der Waals surface area contributed by atoms with E-state index in [1.54, 1.807) is 13.2 Å². The van der Waals surface area contributed by atoms with Gasteiger partial charge in [-0.1, -0.05) is 30.3 Å². The highest BCUT2D eigenvalue weighted by Gasteiger charge is 2.44. The SMILES string of the molecule is COc1cccc(C(=O)N2CC(N(Cc3ccccc3C)CC3CCCO3)CC2C(=O)N2CCNCC2)c1. The van der Waals surface area contributed by atoms with E-state index in [1.807, 2.05) is 28.0 Å². The van der Waals surface area contributed by atoms with Crippen LogP contribution in [0.1, 0.15) is 40.7 Å². The molecule has 2 aromatic carbocycles. The topological polar surface area (TPSA) is 74.4 Å². The van der Waals surface area contributed by atoms with Gasteiger partial charge in [0.2, 0.25) is 5.91 Å². The number of nitrogens with one attached hydrogen (secondary N) is 1. The van der Waals surface area contributed by atoms with Crippen molar-refractivity contribution in [1.29, 1.82) is 0 Å². The molecular formula is C30H40N4O4. The summed E-state index contributed by atoms with van der Waals surface area (Å²) < 4.78 is 11.4. The molecule has 0 saturated carbocycles. The molecule has 0 bridgehead atoms. The van der Waals surface area contributed by atoms with Gasteiger partial charge in [0.05, 0.1) is 13.2 Å². The maximum absolute atomic E-state index is 13.9. The Hall–Kier alpha value is -2.94. The van der Waals surface area contributed by atoms with E-state index in [4.69, 9.17) is 9.47 Å². The van der Waals surface area contributed by atoms with Gasteiger partial charge in [0.25, 0.3) is 5.91 Å². The number of hydrogen-bond donors (Lipinski definition) is 1. The van der Waals surface area contributed by atoms with Gasteiger partial charge in [-0.2, -0.15) is 0 Å². The van der Waals surface area contributed by atoms with Gasteiger partial charge in [-0.25, -0.2) is 0 Å². The molecule has 204 valence electrons. The Bertz CT molecular complexity index is 1110. The molecule has 3 unspecified atom stereocenters. The second-order valence-electron chi connectivity index (χ2n) is 10.7. The Kier molecular flexibility index (Phi) is 8.61. The zero-order valence-corrected chi connectivity index (χ0v) is 22.6. The number of benzene rings is 2. The Balaban J connectivity index is 1.43. The van der Waals surface area contributed by atoms with E-state index < -0.39 is 6.04 Å². The first-order chi connectivity index (χ1) is 18.5. The van der Waals surface area contributed by atoms with Crippen LogP contribution < -0.4 is 10.1 Å². The van der Waals surface area contributed by atoms with Crippen LogP contribution in [0.25, 0.3) is 0 Å². The average Bonchev–Trinajstić information content (AvgIpc) is 3.64. The van der Waals surface area contributed by atoms with Crippen molar-refractivity contribution in [2.75, 3.05) is 53.0 Å². The zero-order chi connectivity index (χ0) is 26.5. The molecule has 0 aromatic heterocycles. The number of nitrogens with zero attached hydrogens (tertiary/aromatic N) is 3. The number of carbonyl (C=O) groups excluding carboxylic acids is 2. The summed E-state index contributed by atoms with van der Waals surface area (Å²) in [6.45, 7) is 7.93. The summed E-state index contributed by atoms with van der Waals surface area (Å²) in [7, 11) is 1.60. The number of hydrogen-bond acceptors (Lipinski definition) is 6.